The van der Waals surface area contributed by atoms with Crippen LogP contribution in [-0.4, -0.2) is 27.6 Å². The van der Waals surface area contributed by atoms with Crippen LogP contribution in [0.2, 0.25) is 5.15 Å². The molecule has 1 atom stereocenters. The van der Waals surface area contributed by atoms with Gasteiger partial charge in [-0.05, 0) is 13.0 Å². The van der Waals surface area contributed by atoms with Crippen molar-refractivity contribution in [2.45, 2.75) is 12.8 Å². The van der Waals surface area contributed by atoms with E-state index in [1.165, 1.54) is 12.4 Å². The number of nitrogens with two attached hydrogens (primary N) is 1. The van der Waals surface area contributed by atoms with Crippen LogP contribution in [0.1, 0.15) is 12.1 Å². The van der Waals surface area contributed by atoms with Crippen LogP contribution in [0.15, 0.2) is 12.4 Å². The largest absolute Gasteiger partial charge is 0.481 e. The molecule has 0 spiro atoms. The van der Waals surface area contributed by atoms with E-state index in [2.05, 4.69) is 9.97 Å². The van der Waals surface area contributed by atoms with Crippen LogP contribution >= 0.6 is 11.6 Å². The van der Waals surface area contributed by atoms with Crippen LogP contribution in [0, 0.1) is 5.92 Å². The van der Waals surface area contributed by atoms with Gasteiger partial charge in [0.2, 0.25) is 0 Å². The van der Waals surface area contributed by atoms with E-state index in [0.717, 1.165) is 0 Å². The normalized spacial score (nSPS) is 12.4. The zero-order valence-corrected chi connectivity index (χ0v) is 8.81. The Labute approximate surface area is 92.3 Å². The van der Waals surface area contributed by atoms with Crippen molar-refractivity contribution in [2.75, 3.05) is 6.54 Å². The molecule has 6 heteroatoms. The highest BCUT2D eigenvalue weighted by atomic mass is 35.5. The monoisotopic (exact) mass is 229 g/mol. The molecule has 0 saturated carbocycles. The molecule has 1 aromatic heterocycles. The van der Waals surface area contributed by atoms with E-state index in [4.69, 9.17) is 22.4 Å². The highest BCUT2D eigenvalue weighted by Crippen LogP contribution is 2.11. The lowest BCUT2D eigenvalue weighted by Crippen LogP contribution is -2.20. The second-order valence-electron chi connectivity index (χ2n) is 3.15. The summed E-state index contributed by atoms with van der Waals surface area (Å²) in [5.41, 5.74) is 5.94. The Morgan fingerprint density at radius 2 is 2.27 bits per heavy atom. The Bertz CT molecular complexity index is 329. The molecule has 0 aliphatic rings. The summed E-state index contributed by atoms with van der Waals surface area (Å²) >= 11 is 5.56. The molecule has 0 saturated heterocycles. The van der Waals surface area contributed by atoms with Crippen molar-refractivity contribution in [1.82, 2.24) is 9.97 Å². The van der Waals surface area contributed by atoms with Gasteiger partial charge in [0.1, 0.15) is 5.15 Å². The fourth-order valence-corrected chi connectivity index (χ4v) is 1.31. The maximum atomic E-state index is 10.8. The predicted octanol–water partition coefficient (Wildman–Crippen LogP) is 0.722. The molecule has 0 bridgehead atoms. The zero-order valence-electron chi connectivity index (χ0n) is 8.06. The van der Waals surface area contributed by atoms with E-state index >= 15 is 0 Å². The summed E-state index contributed by atoms with van der Waals surface area (Å²) < 4.78 is 0. The Morgan fingerprint density at radius 1 is 1.53 bits per heavy atom. The van der Waals surface area contributed by atoms with Crippen LogP contribution in [0.3, 0.4) is 0 Å². The van der Waals surface area contributed by atoms with Crippen LogP contribution in [-0.2, 0) is 11.2 Å². The molecule has 1 unspecified atom stereocenters. The minimum atomic E-state index is -0.864. The molecule has 0 aliphatic heterocycles. The average molecular weight is 230 g/mol. The molecule has 0 amide bonds. The second kappa shape index (κ2) is 5.63. The van der Waals surface area contributed by atoms with Crippen LogP contribution in [0.25, 0.3) is 0 Å². The molecular formula is C9H12ClN3O2. The zero-order chi connectivity index (χ0) is 11.3. The first kappa shape index (κ1) is 11.9. The van der Waals surface area contributed by atoms with E-state index in [9.17, 15) is 4.79 Å². The fourth-order valence-electron chi connectivity index (χ4n) is 1.21. The molecule has 1 rings (SSSR count). The molecule has 0 fully saturated rings. The first-order valence-corrected chi connectivity index (χ1v) is 4.90. The summed E-state index contributed by atoms with van der Waals surface area (Å²) in [6.45, 7) is 0.345. The second-order valence-corrected chi connectivity index (χ2v) is 3.53. The average Bonchev–Trinajstić information content (AvgIpc) is 2.20. The first-order valence-electron chi connectivity index (χ1n) is 4.52. The van der Waals surface area contributed by atoms with Gasteiger partial charge in [-0.25, -0.2) is 4.98 Å². The van der Waals surface area contributed by atoms with Crippen molar-refractivity contribution in [2.24, 2.45) is 11.7 Å². The molecular weight excluding hydrogens is 218 g/mol. The van der Waals surface area contributed by atoms with Gasteiger partial charge in [0.15, 0.2) is 0 Å². The van der Waals surface area contributed by atoms with Gasteiger partial charge >= 0.3 is 5.97 Å². The lowest BCUT2D eigenvalue weighted by Gasteiger charge is -2.09. The molecule has 0 aliphatic carbocycles. The number of hydrogen-bond donors (Lipinski definition) is 2. The quantitative estimate of drug-likeness (QED) is 0.777. The van der Waals surface area contributed by atoms with Crippen LogP contribution < -0.4 is 5.73 Å². The number of rotatable bonds is 5. The molecule has 5 nitrogen and oxygen atoms in total. The highest BCUT2D eigenvalue weighted by molar-refractivity contribution is 6.29. The van der Waals surface area contributed by atoms with E-state index in [0.29, 0.717) is 30.2 Å². The lowest BCUT2D eigenvalue weighted by atomic mass is 10.00. The SMILES string of the molecule is NCCC(Cc1cnc(Cl)cn1)C(=O)O. The topological polar surface area (TPSA) is 89.1 Å². The van der Waals surface area contributed by atoms with Crippen molar-refractivity contribution >= 4 is 17.6 Å². The number of carbonyl (C=O) groups is 1. The summed E-state index contributed by atoms with van der Waals surface area (Å²) in [6.07, 6.45) is 3.64. The third kappa shape index (κ3) is 3.81. The number of nitrogens with zero attached hydrogens (tertiary/aromatic N) is 2. The molecule has 15 heavy (non-hydrogen) atoms. The van der Waals surface area contributed by atoms with Crippen molar-refractivity contribution in [3.63, 3.8) is 0 Å². The third-order valence-corrected chi connectivity index (χ3v) is 2.19. The van der Waals surface area contributed by atoms with Crippen molar-refractivity contribution in [3.8, 4) is 0 Å². The summed E-state index contributed by atoms with van der Waals surface area (Å²) in [7, 11) is 0. The van der Waals surface area contributed by atoms with Gasteiger partial charge in [-0.1, -0.05) is 11.6 Å². The molecule has 1 heterocycles. The third-order valence-electron chi connectivity index (χ3n) is 1.99. The minimum absolute atomic E-state index is 0.296. The lowest BCUT2D eigenvalue weighted by molar-refractivity contribution is -0.141. The van der Waals surface area contributed by atoms with E-state index in [1.807, 2.05) is 0 Å². The Morgan fingerprint density at radius 3 is 2.73 bits per heavy atom. The smallest absolute Gasteiger partial charge is 0.306 e. The van der Waals surface area contributed by atoms with Gasteiger partial charge in [0.25, 0.3) is 0 Å². The number of aromatic nitrogens is 2. The molecule has 0 radical (unpaired) electrons. The van der Waals surface area contributed by atoms with Crippen LogP contribution in [0.4, 0.5) is 0 Å². The molecule has 3 N–H and O–H groups in total. The predicted molar refractivity (Wildman–Crippen MR) is 55.5 cm³/mol. The maximum absolute atomic E-state index is 10.8. The van der Waals surface area contributed by atoms with Gasteiger partial charge in [-0.15, -0.1) is 0 Å². The fraction of sp³-hybridized carbons (Fsp3) is 0.444. The Kier molecular flexibility index (Phi) is 4.45. The number of hydrogen-bond acceptors (Lipinski definition) is 4. The van der Waals surface area contributed by atoms with E-state index in [1.54, 1.807) is 0 Å². The maximum Gasteiger partial charge on any atom is 0.306 e. The van der Waals surface area contributed by atoms with Crippen molar-refractivity contribution in [1.29, 1.82) is 0 Å². The summed E-state index contributed by atoms with van der Waals surface area (Å²) in [6, 6.07) is 0. The summed E-state index contributed by atoms with van der Waals surface area (Å²) in [5, 5.41) is 9.19. The first-order chi connectivity index (χ1) is 7.13. The summed E-state index contributed by atoms with van der Waals surface area (Å²) in [5.74, 6) is -1.37. The van der Waals surface area contributed by atoms with Crippen molar-refractivity contribution < 1.29 is 9.90 Å². The number of carboxylic acids is 1. The number of halogens is 1. The van der Waals surface area contributed by atoms with Crippen molar-refractivity contribution in [3.05, 3.63) is 23.2 Å². The number of carboxylic acid groups (broad SMARTS) is 1. The van der Waals surface area contributed by atoms with Gasteiger partial charge in [0, 0.05) is 6.42 Å². The highest BCUT2D eigenvalue weighted by Gasteiger charge is 2.17. The molecule has 0 aromatic carbocycles. The number of aliphatic carboxylic acids is 1. The minimum Gasteiger partial charge on any atom is -0.481 e. The van der Waals surface area contributed by atoms with E-state index < -0.39 is 11.9 Å². The summed E-state index contributed by atoms with van der Waals surface area (Å²) in [4.78, 5) is 18.6. The Balaban J connectivity index is 2.65. The van der Waals surface area contributed by atoms with Gasteiger partial charge in [-0.2, -0.15) is 0 Å². The van der Waals surface area contributed by atoms with Crippen LogP contribution in [0.5, 0.6) is 0 Å². The standard InChI is InChI=1S/C9H12ClN3O2/c10-8-5-12-7(4-13-8)3-6(1-2-11)9(14)15/h4-6H,1-3,11H2,(H,14,15). The van der Waals surface area contributed by atoms with E-state index in [-0.39, 0.29) is 0 Å². The molecule has 82 valence electrons. The molecule has 1 aromatic rings. The van der Waals surface area contributed by atoms with Gasteiger partial charge < -0.3 is 10.8 Å². The van der Waals surface area contributed by atoms with Gasteiger partial charge in [-0.3, -0.25) is 9.78 Å². The van der Waals surface area contributed by atoms with Gasteiger partial charge in [0.05, 0.1) is 24.0 Å². The Hall–Kier alpha value is -1.20.